The van der Waals surface area contributed by atoms with Gasteiger partial charge >= 0.3 is 0 Å². The third-order valence-electron chi connectivity index (χ3n) is 4.06. The van der Waals surface area contributed by atoms with Crippen molar-refractivity contribution in [2.45, 2.75) is 32.9 Å². The van der Waals surface area contributed by atoms with E-state index >= 15 is 0 Å². The van der Waals surface area contributed by atoms with Gasteiger partial charge in [-0.05, 0) is 50.6 Å². The van der Waals surface area contributed by atoms with Crippen molar-refractivity contribution < 1.29 is 0 Å². The van der Waals surface area contributed by atoms with Gasteiger partial charge in [0.2, 0.25) is 0 Å². The first-order valence-electron chi connectivity index (χ1n) is 9.46. The number of nitrogens with zero attached hydrogens (tertiary/aromatic N) is 2. The summed E-state index contributed by atoms with van der Waals surface area (Å²) in [7, 11) is 4.18. The molecule has 2 aromatic rings. The van der Waals surface area contributed by atoms with Crippen LogP contribution in [0.15, 0.2) is 59.6 Å². The van der Waals surface area contributed by atoms with Gasteiger partial charge in [-0.25, -0.2) is 4.99 Å². The molecule has 0 fully saturated rings. The molecule has 0 spiro atoms. The molecule has 0 aliphatic rings. The highest BCUT2D eigenvalue weighted by atomic mass is 127. The second-order valence-corrected chi connectivity index (χ2v) is 6.77. The van der Waals surface area contributed by atoms with Crippen LogP contribution in [0.5, 0.6) is 0 Å². The number of nitrogens with one attached hydrogen (secondary N) is 2. The number of benzene rings is 2. The molecule has 0 bridgehead atoms. The first-order valence-corrected chi connectivity index (χ1v) is 9.46. The summed E-state index contributed by atoms with van der Waals surface area (Å²) in [5.74, 6) is 0.887. The van der Waals surface area contributed by atoms with Crippen LogP contribution in [0.2, 0.25) is 0 Å². The summed E-state index contributed by atoms with van der Waals surface area (Å²) in [6.45, 7) is 5.54. The van der Waals surface area contributed by atoms with Crippen molar-refractivity contribution in [1.29, 1.82) is 0 Å². The Kier molecular flexibility index (Phi) is 11.8. The Morgan fingerprint density at radius 2 is 1.56 bits per heavy atom. The van der Waals surface area contributed by atoms with E-state index in [4.69, 9.17) is 4.99 Å². The minimum atomic E-state index is 0. The third kappa shape index (κ3) is 9.77. The normalized spacial score (nSPS) is 11.2. The number of hydrogen-bond acceptors (Lipinski definition) is 2. The molecule has 0 aliphatic heterocycles. The van der Waals surface area contributed by atoms with Gasteiger partial charge in [0.25, 0.3) is 0 Å². The molecule has 0 heterocycles. The number of aryl methyl sites for hydroxylation is 1. The van der Waals surface area contributed by atoms with Gasteiger partial charge in [0.1, 0.15) is 0 Å². The number of aliphatic imine (C=N–C) groups is 1. The molecule has 0 aromatic heterocycles. The summed E-state index contributed by atoms with van der Waals surface area (Å²) < 4.78 is 0. The van der Waals surface area contributed by atoms with Crippen molar-refractivity contribution in [3.63, 3.8) is 0 Å². The van der Waals surface area contributed by atoms with Crippen molar-refractivity contribution in [2.24, 2.45) is 4.99 Å². The van der Waals surface area contributed by atoms with Gasteiger partial charge in [-0.15, -0.1) is 24.0 Å². The number of guanidine groups is 1. The summed E-state index contributed by atoms with van der Waals surface area (Å²) in [6, 6.07) is 19.3. The lowest BCUT2D eigenvalue weighted by molar-refractivity contribution is 0.402. The molecule has 0 amide bonds. The molecule has 2 aromatic carbocycles. The van der Waals surface area contributed by atoms with E-state index in [9.17, 15) is 0 Å². The first kappa shape index (κ1) is 23.4. The average molecular weight is 480 g/mol. The van der Waals surface area contributed by atoms with E-state index in [1.165, 1.54) is 16.7 Å². The van der Waals surface area contributed by atoms with Crippen molar-refractivity contribution in [3.8, 4) is 0 Å². The monoisotopic (exact) mass is 480 g/mol. The van der Waals surface area contributed by atoms with E-state index in [1.54, 1.807) is 0 Å². The van der Waals surface area contributed by atoms with Crippen LogP contribution in [-0.4, -0.2) is 38.0 Å². The molecule has 2 rings (SSSR count). The lowest BCUT2D eigenvalue weighted by Crippen LogP contribution is -2.37. The molecule has 0 radical (unpaired) electrons. The summed E-state index contributed by atoms with van der Waals surface area (Å²) in [5.41, 5.74) is 3.94. The van der Waals surface area contributed by atoms with E-state index in [2.05, 4.69) is 91.1 Å². The fourth-order valence-corrected chi connectivity index (χ4v) is 2.77. The summed E-state index contributed by atoms with van der Waals surface area (Å²) in [6.07, 6.45) is 2.17. The van der Waals surface area contributed by atoms with E-state index < -0.39 is 0 Å². The summed E-state index contributed by atoms with van der Waals surface area (Å²) in [5, 5.41) is 6.75. The maximum atomic E-state index is 4.70. The lowest BCUT2D eigenvalue weighted by Gasteiger charge is -2.12. The first-order chi connectivity index (χ1) is 12.7. The summed E-state index contributed by atoms with van der Waals surface area (Å²) >= 11 is 0. The SMILES string of the molecule is CCNC(=NCc1ccc(CN(C)C)cc1)NCCCc1ccccc1.I. The average Bonchev–Trinajstić information content (AvgIpc) is 2.64. The van der Waals surface area contributed by atoms with Crippen LogP contribution < -0.4 is 10.6 Å². The zero-order chi connectivity index (χ0) is 18.6. The van der Waals surface area contributed by atoms with E-state index in [1.807, 2.05) is 0 Å². The molecule has 4 nitrogen and oxygen atoms in total. The van der Waals surface area contributed by atoms with Crippen molar-refractivity contribution in [2.75, 3.05) is 27.2 Å². The largest absolute Gasteiger partial charge is 0.357 e. The Labute approximate surface area is 181 Å². The maximum absolute atomic E-state index is 4.70. The van der Waals surface area contributed by atoms with Crippen LogP contribution in [0.1, 0.15) is 30.0 Å². The second kappa shape index (κ2) is 13.6. The maximum Gasteiger partial charge on any atom is 0.191 e. The molecule has 2 N–H and O–H groups in total. The Balaban J connectivity index is 0.00000364. The van der Waals surface area contributed by atoms with Crippen LogP contribution in [0.25, 0.3) is 0 Å². The fraction of sp³-hybridized carbons (Fsp3) is 0.409. The van der Waals surface area contributed by atoms with Gasteiger partial charge in [0.05, 0.1) is 6.54 Å². The number of rotatable bonds is 9. The highest BCUT2D eigenvalue weighted by Crippen LogP contribution is 2.07. The summed E-state index contributed by atoms with van der Waals surface area (Å²) in [4.78, 5) is 6.88. The van der Waals surface area contributed by atoms with Crippen LogP contribution in [0.4, 0.5) is 0 Å². The van der Waals surface area contributed by atoms with E-state index in [0.717, 1.165) is 38.4 Å². The predicted octanol–water partition coefficient (Wildman–Crippen LogP) is 4.05. The molecule has 0 unspecified atom stereocenters. The van der Waals surface area contributed by atoms with Crippen molar-refractivity contribution in [1.82, 2.24) is 15.5 Å². The van der Waals surface area contributed by atoms with Gasteiger partial charge in [-0.3, -0.25) is 0 Å². The predicted molar refractivity (Wildman–Crippen MR) is 127 cm³/mol. The minimum absolute atomic E-state index is 0. The van der Waals surface area contributed by atoms with Gasteiger partial charge < -0.3 is 15.5 Å². The molecule has 0 aliphatic carbocycles. The Hall–Kier alpha value is -1.60. The highest BCUT2D eigenvalue weighted by molar-refractivity contribution is 14.0. The molecule has 148 valence electrons. The lowest BCUT2D eigenvalue weighted by atomic mass is 10.1. The van der Waals surface area contributed by atoms with Crippen molar-refractivity contribution >= 4 is 29.9 Å². The molecule has 5 heteroatoms. The quantitative estimate of drug-likeness (QED) is 0.246. The van der Waals surface area contributed by atoms with Crippen LogP contribution in [0, 0.1) is 0 Å². The Morgan fingerprint density at radius 3 is 2.19 bits per heavy atom. The standard InChI is InChI=1S/C22H32N4.HI/c1-4-23-22(24-16-8-11-19-9-6-5-7-10-19)25-17-20-12-14-21(15-13-20)18-26(2)3;/h5-7,9-10,12-15H,4,8,11,16-18H2,1-3H3,(H2,23,24,25);1H. The van der Waals surface area contributed by atoms with E-state index in [-0.39, 0.29) is 24.0 Å². The van der Waals surface area contributed by atoms with E-state index in [0.29, 0.717) is 6.54 Å². The number of hydrogen-bond donors (Lipinski definition) is 2. The number of halogens is 1. The zero-order valence-corrected chi connectivity index (χ0v) is 19.1. The van der Waals surface area contributed by atoms with Gasteiger partial charge in [0, 0.05) is 19.6 Å². The van der Waals surface area contributed by atoms with Gasteiger partial charge in [-0.2, -0.15) is 0 Å². The molecule has 27 heavy (non-hydrogen) atoms. The van der Waals surface area contributed by atoms with Crippen LogP contribution in [-0.2, 0) is 19.5 Å². The molecule has 0 saturated carbocycles. The van der Waals surface area contributed by atoms with Gasteiger partial charge in [0.15, 0.2) is 5.96 Å². The smallest absolute Gasteiger partial charge is 0.191 e. The topological polar surface area (TPSA) is 39.7 Å². The van der Waals surface area contributed by atoms with Crippen molar-refractivity contribution in [3.05, 3.63) is 71.3 Å². The van der Waals surface area contributed by atoms with Gasteiger partial charge in [-0.1, -0.05) is 54.6 Å². The molecule has 0 atom stereocenters. The highest BCUT2D eigenvalue weighted by Gasteiger charge is 1.99. The Bertz CT molecular complexity index is 654. The fourth-order valence-electron chi connectivity index (χ4n) is 2.77. The van der Waals surface area contributed by atoms with Crippen LogP contribution >= 0.6 is 24.0 Å². The molecular weight excluding hydrogens is 447 g/mol. The molecular formula is C22H33IN4. The third-order valence-corrected chi connectivity index (χ3v) is 4.06. The molecule has 0 saturated heterocycles. The second-order valence-electron chi connectivity index (χ2n) is 6.77. The zero-order valence-electron chi connectivity index (χ0n) is 16.7. The minimum Gasteiger partial charge on any atom is -0.357 e. The van der Waals surface area contributed by atoms with Crippen LogP contribution in [0.3, 0.4) is 0 Å². The Morgan fingerprint density at radius 1 is 0.889 bits per heavy atom.